The maximum absolute atomic E-state index is 12.6. The van der Waals surface area contributed by atoms with E-state index in [4.69, 9.17) is 4.74 Å². The number of aromatic carboxylic acids is 1. The number of benzene rings is 3. The number of carbonyl (C=O) groups excluding carboxylic acids is 3. The van der Waals surface area contributed by atoms with Crippen LogP contribution in [0.15, 0.2) is 72.8 Å². The molecule has 3 rings (SSSR count). The monoisotopic (exact) mass is 417 g/mol. The summed E-state index contributed by atoms with van der Waals surface area (Å²) < 4.78 is 5.55. The summed E-state index contributed by atoms with van der Waals surface area (Å²) in [7, 11) is 0. The summed E-state index contributed by atoms with van der Waals surface area (Å²) in [4.78, 5) is 36.4. The number of anilines is 2. The first-order chi connectivity index (χ1) is 15.0. The van der Waals surface area contributed by atoms with E-state index in [-0.39, 0.29) is 22.7 Å². The van der Waals surface area contributed by atoms with Crippen LogP contribution in [-0.4, -0.2) is 24.4 Å². The van der Waals surface area contributed by atoms with Gasteiger partial charge in [0.15, 0.2) is 0 Å². The lowest BCUT2D eigenvalue weighted by Gasteiger charge is -2.12. The van der Waals surface area contributed by atoms with E-state index in [0.717, 1.165) is 6.42 Å². The Balaban J connectivity index is 1.72. The lowest BCUT2D eigenvalue weighted by molar-refractivity contribution is -0.254. The molecule has 158 valence electrons. The average molecular weight is 417 g/mol. The molecule has 0 spiro atoms. The molecule has 0 bridgehead atoms. The van der Waals surface area contributed by atoms with E-state index in [1.807, 2.05) is 6.92 Å². The van der Waals surface area contributed by atoms with Crippen LogP contribution in [0.1, 0.15) is 44.4 Å². The van der Waals surface area contributed by atoms with Gasteiger partial charge in [0.2, 0.25) is 0 Å². The summed E-state index contributed by atoms with van der Waals surface area (Å²) in [6, 6.07) is 19.1. The largest absolute Gasteiger partial charge is 0.545 e. The molecule has 0 saturated heterocycles. The average Bonchev–Trinajstić information content (AvgIpc) is 2.78. The first-order valence-corrected chi connectivity index (χ1v) is 9.74. The number of amides is 2. The Bertz CT molecular complexity index is 1110. The Morgan fingerprint density at radius 1 is 0.839 bits per heavy atom. The fourth-order valence-corrected chi connectivity index (χ4v) is 2.85. The fraction of sp³-hybridized carbons (Fsp3) is 0.125. The molecule has 0 aliphatic carbocycles. The minimum Gasteiger partial charge on any atom is -0.545 e. The second-order valence-corrected chi connectivity index (χ2v) is 6.70. The van der Waals surface area contributed by atoms with Crippen molar-refractivity contribution in [3.05, 3.63) is 89.5 Å². The van der Waals surface area contributed by atoms with E-state index < -0.39 is 11.9 Å². The van der Waals surface area contributed by atoms with Crippen molar-refractivity contribution in [2.24, 2.45) is 0 Å². The van der Waals surface area contributed by atoms with Gasteiger partial charge >= 0.3 is 0 Å². The number of carboxylic acid groups (broad SMARTS) is 1. The van der Waals surface area contributed by atoms with Gasteiger partial charge in [-0.3, -0.25) is 9.59 Å². The van der Waals surface area contributed by atoms with Crippen LogP contribution < -0.4 is 20.5 Å². The smallest absolute Gasteiger partial charge is 0.255 e. The lowest BCUT2D eigenvalue weighted by atomic mass is 10.1. The number of hydrogen-bond acceptors (Lipinski definition) is 5. The highest BCUT2D eigenvalue weighted by Gasteiger charge is 2.12. The van der Waals surface area contributed by atoms with Gasteiger partial charge in [0, 0.05) is 22.4 Å². The predicted octanol–water partition coefficient (Wildman–Crippen LogP) is 3.34. The van der Waals surface area contributed by atoms with Gasteiger partial charge in [-0.25, -0.2) is 0 Å². The number of carbonyl (C=O) groups is 3. The van der Waals surface area contributed by atoms with Crippen molar-refractivity contribution >= 4 is 29.2 Å². The Labute approximate surface area is 179 Å². The van der Waals surface area contributed by atoms with Gasteiger partial charge in [-0.1, -0.05) is 37.3 Å². The summed E-state index contributed by atoms with van der Waals surface area (Å²) in [5, 5.41) is 16.5. The zero-order valence-electron chi connectivity index (χ0n) is 16.9. The number of ether oxygens (including phenoxy) is 1. The highest BCUT2D eigenvalue weighted by atomic mass is 16.5. The molecule has 0 atom stereocenters. The molecule has 3 aromatic rings. The third-order valence-corrected chi connectivity index (χ3v) is 4.35. The third kappa shape index (κ3) is 5.70. The normalized spacial score (nSPS) is 10.2. The predicted molar refractivity (Wildman–Crippen MR) is 115 cm³/mol. The number of para-hydroxylation sites is 1. The van der Waals surface area contributed by atoms with Crippen molar-refractivity contribution < 1.29 is 24.2 Å². The SMILES string of the molecule is CCCOc1cccc(C(=O)Nc2cccc(C(=O)Nc3ccccc3C(=O)[O-])c2)c1. The highest BCUT2D eigenvalue weighted by Crippen LogP contribution is 2.19. The molecule has 0 fully saturated rings. The topological polar surface area (TPSA) is 108 Å². The van der Waals surface area contributed by atoms with Gasteiger partial charge in [-0.15, -0.1) is 0 Å². The number of carboxylic acids is 1. The van der Waals surface area contributed by atoms with Gasteiger partial charge in [-0.2, -0.15) is 0 Å². The van der Waals surface area contributed by atoms with Crippen molar-refractivity contribution in [3.63, 3.8) is 0 Å². The van der Waals surface area contributed by atoms with Crippen molar-refractivity contribution in [2.45, 2.75) is 13.3 Å². The van der Waals surface area contributed by atoms with Crippen molar-refractivity contribution in [1.29, 1.82) is 0 Å². The molecule has 0 radical (unpaired) electrons. The van der Waals surface area contributed by atoms with Crippen LogP contribution >= 0.6 is 0 Å². The van der Waals surface area contributed by atoms with Crippen molar-refractivity contribution in [2.75, 3.05) is 17.2 Å². The zero-order chi connectivity index (χ0) is 22.2. The lowest BCUT2D eigenvalue weighted by Crippen LogP contribution is -2.24. The molecule has 0 saturated carbocycles. The first-order valence-electron chi connectivity index (χ1n) is 9.74. The van der Waals surface area contributed by atoms with Crippen molar-refractivity contribution in [3.8, 4) is 5.75 Å². The van der Waals surface area contributed by atoms with Gasteiger partial charge < -0.3 is 25.3 Å². The maximum atomic E-state index is 12.6. The molecule has 7 heteroatoms. The molecule has 31 heavy (non-hydrogen) atoms. The molecule has 0 aliphatic heterocycles. The molecule has 0 aromatic heterocycles. The van der Waals surface area contributed by atoms with E-state index in [1.54, 1.807) is 54.6 Å². The van der Waals surface area contributed by atoms with Gasteiger partial charge in [0.1, 0.15) is 5.75 Å². The standard InChI is InChI=1S/C24H22N2O5/c1-2-13-31-19-10-6-8-17(15-19)22(27)25-18-9-5-7-16(14-18)23(28)26-21-12-4-3-11-20(21)24(29)30/h3-12,14-15H,2,13H2,1H3,(H,25,27)(H,26,28)(H,29,30)/p-1. The summed E-state index contributed by atoms with van der Waals surface area (Å²) in [6.07, 6.45) is 0.860. The second-order valence-electron chi connectivity index (χ2n) is 6.70. The van der Waals surface area contributed by atoms with E-state index in [9.17, 15) is 19.5 Å². The molecule has 0 heterocycles. The Morgan fingerprint density at radius 2 is 1.52 bits per heavy atom. The Kier molecular flexibility index (Phi) is 7.01. The fourth-order valence-electron chi connectivity index (χ4n) is 2.85. The molecule has 2 N–H and O–H groups in total. The van der Waals surface area contributed by atoms with Crippen LogP contribution in [0.2, 0.25) is 0 Å². The minimum absolute atomic E-state index is 0.120. The summed E-state index contributed by atoms with van der Waals surface area (Å²) in [6.45, 7) is 2.56. The second kappa shape index (κ2) is 10.1. The third-order valence-electron chi connectivity index (χ3n) is 4.35. The summed E-state index contributed by atoms with van der Waals surface area (Å²) in [5.74, 6) is -1.64. The Hall–Kier alpha value is -4.13. The van der Waals surface area contributed by atoms with Crippen molar-refractivity contribution in [1.82, 2.24) is 0 Å². The molecular formula is C24H21N2O5-. The Morgan fingerprint density at radius 3 is 2.26 bits per heavy atom. The molecule has 2 amide bonds. The number of hydrogen-bond donors (Lipinski definition) is 2. The van der Waals surface area contributed by atoms with E-state index in [0.29, 0.717) is 23.6 Å². The number of rotatable bonds is 8. The van der Waals surface area contributed by atoms with Crippen LogP contribution in [0.25, 0.3) is 0 Å². The highest BCUT2D eigenvalue weighted by molar-refractivity contribution is 6.09. The summed E-state index contributed by atoms with van der Waals surface area (Å²) in [5.41, 5.74) is 1.11. The molecule has 0 unspecified atom stereocenters. The van der Waals surface area contributed by atoms with Crippen LogP contribution in [0.4, 0.5) is 11.4 Å². The zero-order valence-corrected chi connectivity index (χ0v) is 16.9. The van der Waals surface area contributed by atoms with Gasteiger partial charge in [0.25, 0.3) is 11.8 Å². The number of nitrogens with one attached hydrogen (secondary N) is 2. The van der Waals surface area contributed by atoms with E-state index >= 15 is 0 Å². The van der Waals surface area contributed by atoms with Gasteiger partial charge in [-0.05, 0) is 48.9 Å². The van der Waals surface area contributed by atoms with E-state index in [2.05, 4.69) is 10.6 Å². The molecule has 3 aromatic carbocycles. The maximum Gasteiger partial charge on any atom is 0.255 e. The first kappa shape index (κ1) is 21.6. The quantitative estimate of drug-likeness (QED) is 0.584. The van der Waals surface area contributed by atoms with E-state index in [1.165, 1.54) is 18.2 Å². The van der Waals surface area contributed by atoms with Gasteiger partial charge in [0.05, 0.1) is 18.3 Å². The van der Waals surface area contributed by atoms with Crippen LogP contribution in [0, 0.1) is 0 Å². The van der Waals surface area contributed by atoms with Crippen LogP contribution in [-0.2, 0) is 0 Å². The van der Waals surface area contributed by atoms with Crippen LogP contribution in [0.3, 0.4) is 0 Å². The molecular weight excluding hydrogens is 396 g/mol. The molecule has 7 nitrogen and oxygen atoms in total. The summed E-state index contributed by atoms with van der Waals surface area (Å²) >= 11 is 0. The molecule has 0 aliphatic rings. The van der Waals surface area contributed by atoms with Crippen LogP contribution in [0.5, 0.6) is 5.75 Å². The minimum atomic E-state index is -1.39.